The standard InChI is InChI=1S/C6H5BClFO2S/c7-5-2-1-4(3-6(5)9)12(8,10)11/h1-3H,7H2. The molecule has 1 rings (SSSR count). The third-order valence-electron chi connectivity index (χ3n) is 1.42. The SMILES string of the molecule is Bc1ccc(S(=O)(=O)Cl)cc1F. The van der Waals surface area contributed by atoms with Gasteiger partial charge in [0.2, 0.25) is 0 Å². The Morgan fingerprint density at radius 3 is 2.42 bits per heavy atom. The highest BCUT2D eigenvalue weighted by Gasteiger charge is 2.10. The third-order valence-corrected chi connectivity index (χ3v) is 2.78. The Bertz CT molecular complexity index is 404. The van der Waals surface area contributed by atoms with Crippen LogP contribution < -0.4 is 5.46 Å². The van der Waals surface area contributed by atoms with E-state index < -0.39 is 14.9 Å². The van der Waals surface area contributed by atoms with Gasteiger partial charge in [-0.1, -0.05) is 11.5 Å². The zero-order valence-electron chi connectivity index (χ0n) is 6.21. The largest absolute Gasteiger partial charge is 0.261 e. The van der Waals surface area contributed by atoms with Crippen LogP contribution in [0.3, 0.4) is 0 Å². The third kappa shape index (κ3) is 1.98. The van der Waals surface area contributed by atoms with Gasteiger partial charge >= 0.3 is 0 Å². The molecule has 64 valence electrons. The Balaban J connectivity index is 3.33. The number of hydrogen-bond donors (Lipinski definition) is 0. The molecule has 6 heteroatoms. The summed E-state index contributed by atoms with van der Waals surface area (Å²) >= 11 is 0. The summed E-state index contributed by atoms with van der Waals surface area (Å²) in [6, 6.07) is 3.53. The van der Waals surface area contributed by atoms with E-state index in [4.69, 9.17) is 10.7 Å². The van der Waals surface area contributed by atoms with Gasteiger partial charge in [-0.25, -0.2) is 12.8 Å². The molecule has 0 bridgehead atoms. The van der Waals surface area contributed by atoms with E-state index in [-0.39, 0.29) is 4.90 Å². The summed E-state index contributed by atoms with van der Waals surface area (Å²) in [5.41, 5.74) is 0.388. The summed E-state index contributed by atoms with van der Waals surface area (Å²) in [7, 11) is 2.72. The van der Waals surface area contributed by atoms with Crippen molar-refractivity contribution in [2.24, 2.45) is 0 Å². The first kappa shape index (κ1) is 9.54. The second kappa shape index (κ2) is 3.07. The molecule has 0 aliphatic heterocycles. The molecular formula is C6H5BClFO2S. The summed E-state index contributed by atoms with van der Waals surface area (Å²) in [5.74, 6) is -0.572. The van der Waals surface area contributed by atoms with Gasteiger partial charge in [0.05, 0.1) is 4.90 Å². The molecule has 1 aromatic rings. The second-order valence-corrected chi connectivity index (χ2v) is 4.91. The van der Waals surface area contributed by atoms with Gasteiger partial charge in [0.25, 0.3) is 9.05 Å². The van der Waals surface area contributed by atoms with Crippen LogP contribution in [0.15, 0.2) is 23.1 Å². The minimum absolute atomic E-state index is 0.215. The summed E-state index contributed by atoms with van der Waals surface area (Å²) in [4.78, 5) is -0.215. The topological polar surface area (TPSA) is 34.1 Å². The van der Waals surface area contributed by atoms with Crippen molar-refractivity contribution in [3.8, 4) is 0 Å². The molecule has 0 radical (unpaired) electrons. The molecule has 0 spiro atoms. The van der Waals surface area contributed by atoms with Crippen LogP contribution in [0.1, 0.15) is 0 Å². The van der Waals surface area contributed by atoms with Crippen molar-refractivity contribution in [3.63, 3.8) is 0 Å². The van der Waals surface area contributed by atoms with Crippen LogP contribution >= 0.6 is 10.7 Å². The van der Waals surface area contributed by atoms with Crippen LogP contribution in [-0.2, 0) is 9.05 Å². The molecule has 0 atom stereocenters. The van der Waals surface area contributed by atoms with Crippen molar-refractivity contribution < 1.29 is 12.8 Å². The predicted octanol–water partition coefficient (Wildman–Crippen LogP) is 0.0116. The molecule has 1 aromatic carbocycles. The van der Waals surface area contributed by atoms with Gasteiger partial charge in [0, 0.05) is 10.7 Å². The fourth-order valence-electron chi connectivity index (χ4n) is 0.725. The number of hydrogen-bond acceptors (Lipinski definition) is 2. The Morgan fingerprint density at radius 1 is 1.42 bits per heavy atom. The summed E-state index contributed by atoms with van der Waals surface area (Å²) < 4.78 is 34.2. The first-order valence-electron chi connectivity index (χ1n) is 3.12. The lowest BCUT2D eigenvalue weighted by molar-refractivity contribution is 0.604. The fraction of sp³-hybridized carbons (Fsp3) is 0. The first-order valence-corrected chi connectivity index (χ1v) is 5.43. The molecule has 0 saturated heterocycles. The van der Waals surface area contributed by atoms with Crippen LogP contribution in [0.4, 0.5) is 4.39 Å². The average Bonchev–Trinajstić information content (AvgIpc) is 1.92. The summed E-state index contributed by atoms with van der Waals surface area (Å²) in [6.07, 6.45) is 0. The highest BCUT2D eigenvalue weighted by Crippen LogP contribution is 2.13. The van der Waals surface area contributed by atoms with Gasteiger partial charge in [0.1, 0.15) is 13.7 Å². The van der Waals surface area contributed by atoms with Crippen molar-refractivity contribution in [1.82, 2.24) is 0 Å². The average molecular weight is 206 g/mol. The molecule has 2 nitrogen and oxygen atoms in total. The zero-order valence-corrected chi connectivity index (χ0v) is 7.79. The molecule has 0 aliphatic carbocycles. The molecule has 0 fully saturated rings. The van der Waals surface area contributed by atoms with E-state index in [1.165, 1.54) is 12.1 Å². The van der Waals surface area contributed by atoms with E-state index in [0.717, 1.165) is 6.07 Å². The lowest BCUT2D eigenvalue weighted by Gasteiger charge is -1.98. The van der Waals surface area contributed by atoms with Crippen molar-refractivity contribution in [2.45, 2.75) is 4.90 Å². The van der Waals surface area contributed by atoms with E-state index in [0.29, 0.717) is 5.46 Å². The number of benzene rings is 1. The van der Waals surface area contributed by atoms with Crippen LogP contribution in [-0.4, -0.2) is 16.3 Å². The minimum atomic E-state index is -3.81. The maximum atomic E-state index is 12.8. The lowest BCUT2D eigenvalue weighted by atomic mass is 9.96. The van der Waals surface area contributed by atoms with E-state index in [9.17, 15) is 12.8 Å². The molecule has 0 aromatic heterocycles. The summed E-state index contributed by atoms with van der Waals surface area (Å²) in [5, 5.41) is 0. The Morgan fingerprint density at radius 2 is 2.00 bits per heavy atom. The normalized spacial score (nSPS) is 11.5. The molecule has 0 amide bonds. The first-order chi connectivity index (χ1) is 5.41. The van der Waals surface area contributed by atoms with E-state index in [2.05, 4.69) is 0 Å². The Labute approximate surface area is 75.2 Å². The molecule has 0 unspecified atom stereocenters. The highest BCUT2D eigenvalue weighted by atomic mass is 35.7. The van der Waals surface area contributed by atoms with Gasteiger partial charge < -0.3 is 0 Å². The predicted molar refractivity (Wildman–Crippen MR) is 47.6 cm³/mol. The maximum absolute atomic E-state index is 12.8. The van der Waals surface area contributed by atoms with Crippen molar-refractivity contribution in [3.05, 3.63) is 24.0 Å². The van der Waals surface area contributed by atoms with Gasteiger partial charge in [-0.15, -0.1) is 0 Å². The van der Waals surface area contributed by atoms with Gasteiger partial charge in [-0.2, -0.15) is 0 Å². The van der Waals surface area contributed by atoms with E-state index in [1.807, 2.05) is 0 Å². The van der Waals surface area contributed by atoms with Crippen molar-refractivity contribution in [1.29, 1.82) is 0 Å². The molecule has 0 N–H and O–H groups in total. The van der Waals surface area contributed by atoms with Gasteiger partial charge in [-0.05, 0) is 12.1 Å². The van der Waals surface area contributed by atoms with E-state index >= 15 is 0 Å². The Hall–Kier alpha value is -0.545. The maximum Gasteiger partial charge on any atom is 0.261 e. The van der Waals surface area contributed by atoms with Crippen LogP contribution in [0, 0.1) is 5.82 Å². The van der Waals surface area contributed by atoms with Crippen LogP contribution in [0.5, 0.6) is 0 Å². The molecule has 0 aliphatic rings. The number of rotatable bonds is 1. The quantitative estimate of drug-likeness (QED) is 0.479. The molecule has 0 heterocycles. The highest BCUT2D eigenvalue weighted by molar-refractivity contribution is 8.13. The second-order valence-electron chi connectivity index (χ2n) is 2.35. The van der Waals surface area contributed by atoms with Gasteiger partial charge in [0.15, 0.2) is 0 Å². The fourth-order valence-corrected chi connectivity index (χ4v) is 1.49. The number of halogens is 2. The zero-order chi connectivity index (χ0) is 9.35. The van der Waals surface area contributed by atoms with Crippen LogP contribution in [0.25, 0.3) is 0 Å². The molecule has 12 heavy (non-hydrogen) atoms. The minimum Gasteiger partial charge on any atom is -0.208 e. The van der Waals surface area contributed by atoms with Gasteiger partial charge in [-0.3, -0.25) is 0 Å². The lowest BCUT2D eigenvalue weighted by Crippen LogP contribution is -2.08. The monoisotopic (exact) mass is 206 g/mol. The van der Waals surface area contributed by atoms with Crippen LogP contribution in [0.2, 0.25) is 0 Å². The van der Waals surface area contributed by atoms with Crippen molar-refractivity contribution in [2.75, 3.05) is 0 Å². The van der Waals surface area contributed by atoms with E-state index in [1.54, 1.807) is 7.85 Å². The molecular weight excluding hydrogens is 201 g/mol. The Kier molecular flexibility index (Phi) is 2.44. The van der Waals surface area contributed by atoms with Crippen molar-refractivity contribution >= 4 is 33.0 Å². The molecule has 0 saturated carbocycles. The smallest absolute Gasteiger partial charge is 0.208 e. The summed E-state index contributed by atoms with van der Waals surface area (Å²) in [6.45, 7) is 0.